The van der Waals surface area contributed by atoms with Crippen LogP contribution in [0.15, 0.2) is 36.4 Å². The molecule has 0 radical (unpaired) electrons. The highest BCUT2D eigenvalue weighted by atomic mass is 32.2. The van der Waals surface area contributed by atoms with Gasteiger partial charge >= 0.3 is 22.4 Å². The van der Waals surface area contributed by atoms with Crippen LogP contribution in [-0.2, 0) is 22.1 Å². The predicted molar refractivity (Wildman–Crippen MR) is 105 cm³/mol. The van der Waals surface area contributed by atoms with Gasteiger partial charge in [0.2, 0.25) is 0 Å². The second kappa shape index (κ2) is 9.37. The van der Waals surface area contributed by atoms with E-state index in [1.807, 2.05) is 0 Å². The molecule has 0 bridgehead atoms. The van der Waals surface area contributed by atoms with E-state index in [0.717, 1.165) is 22.8 Å². The van der Waals surface area contributed by atoms with Crippen molar-refractivity contribution in [1.82, 2.24) is 14.5 Å². The molecule has 1 aromatic carbocycles. The van der Waals surface area contributed by atoms with E-state index in [2.05, 4.69) is 9.82 Å². The van der Waals surface area contributed by atoms with E-state index in [9.17, 15) is 26.4 Å². The lowest BCUT2D eigenvalue weighted by molar-refractivity contribution is -0.192. The second-order valence-electron chi connectivity index (χ2n) is 6.59. The fourth-order valence-electron chi connectivity index (χ4n) is 2.59. The summed E-state index contributed by atoms with van der Waals surface area (Å²) in [7, 11) is -2.35. The van der Waals surface area contributed by atoms with Gasteiger partial charge in [-0.1, -0.05) is 18.2 Å². The lowest BCUT2D eigenvalue weighted by atomic mass is 10.2. The summed E-state index contributed by atoms with van der Waals surface area (Å²) in [4.78, 5) is 21.3. The number of para-hydroxylation sites is 1. The molecule has 0 saturated heterocycles. The lowest BCUT2D eigenvalue weighted by Gasteiger charge is -2.22. The van der Waals surface area contributed by atoms with E-state index in [0.29, 0.717) is 11.6 Å². The number of aromatic nitrogens is 2. The van der Waals surface area contributed by atoms with E-state index in [1.54, 1.807) is 50.4 Å². The molecule has 1 saturated carbocycles. The highest BCUT2D eigenvalue weighted by Crippen LogP contribution is 2.39. The number of alkyl halides is 3. The van der Waals surface area contributed by atoms with Crippen molar-refractivity contribution in [3.8, 4) is 0 Å². The van der Waals surface area contributed by atoms with Crippen LogP contribution in [-0.4, -0.2) is 47.9 Å². The number of benzene rings is 1. The Morgan fingerprint density at radius 2 is 1.81 bits per heavy atom. The summed E-state index contributed by atoms with van der Waals surface area (Å²) in [5.41, 5.74) is 1.59. The molecular weight excluding hydrogens is 441 g/mol. The Bertz CT molecular complexity index is 1030. The molecule has 2 aromatic rings. The molecule has 1 fully saturated rings. The highest BCUT2D eigenvalue weighted by Gasteiger charge is 2.38. The number of hydrogen-bond acceptors (Lipinski definition) is 5. The van der Waals surface area contributed by atoms with Gasteiger partial charge in [-0.15, -0.1) is 0 Å². The minimum atomic E-state index is -5.08. The van der Waals surface area contributed by atoms with Gasteiger partial charge in [-0.2, -0.15) is 26.7 Å². The van der Waals surface area contributed by atoms with Crippen LogP contribution in [0.4, 0.5) is 18.9 Å². The molecule has 1 amide bonds. The molecule has 1 aliphatic carbocycles. The third-order valence-corrected chi connectivity index (χ3v) is 5.71. The normalized spacial score (nSPS) is 13.7. The van der Waals surface area contributed by atoms with Crippen molar-refractivity contribution >= 4 is 27.8 Å². The number of aryl methyl sites for hydroxylation is 1. The summed E-state index contributed by atoms with van der Waals surface area (Å²) in [6.07, 6.45) is -2.96. The summed E-state index contributed by atoms with van der Waals surface area (Å²) in [6.45, 7) is 1.93. The highest BCUT2D eigenvalue weighted by molar-refractivity contribution is 7.91. The van der Waals surface area contributed by atoms with Gasteiger partial charge in [0.15, 0.2) is 0 Å². The summed E-state index contributed by atoms with van der Waals surface area (Å²) in [5, 5.41) is 11.4. The van der Waals surface area contributed by atoms with Gasteiger partial charge in [0.1, 0.15) is 5.69 Å². The molecular formula is C18H21F3N4O5S. The summed E-state index contributed by atoms with van der Waals surface area (Å²) < 4.78 is 61.6. The van der Waals surface area contributed by atoms with Crippen molar-refractivity contribution < 1.29 is 36.3 Å². The van der Waals surface area contributed by atoms with Crippen LogP contribution in [0.2, 0.25) is 0 Å². The maximum atomic E-state index is 12.6. The number of carbonyl (C=O) groups is 2. The van der Waals surface area contributed by atoms with Crippen LogP contribution in [0, 0.1) is 0 Å². The minimum absolute atomic E-state index is 0.214. The molecule has 0 spiro atoms. The molecule has 3 rings (SSSR count). The number of carboxylic acid groups (broad SMARTS) is 1. The Morgan fingerprint density at radius 1 is 1.26 bits per heavy atom. The monoisotopic (exact) mass is 462 g/mol. The molecule has 0 aliphatic heterocycles. The van der Waals surface area contributed by atoms with Crippen molar-refractivity contribution in [2.45, 2.75) is 31.9 Å². The standard InChI is InChI=1S/C16H20N4O3S.C2HF3O2/c1-3-20(13-7-5-4-6-8-13)24(22,23)18-16(21)15-11-14(12-9-10-12)17-19(15)2;3-2(4,5)1(6)7/h4-8,11-12H,3,9-10H2,1-2H3,(H,18,21);(H,6,7). The molecule has 1 aliphatic rings. The molecule has 0 atom stereocenters. The number of amides is 1. The number of nitrogens with zero attached hydrogens (tertiary/aromatic N) is 3. The fourth-order valence-corrected chi connectivity index (χ4v) is 3.78. The minimum Gasteiger partial charge on any atom is -0.475 e. The SMILES string of the molecule is CCN(c1ccccc1)S(=O)(=O)NC(=O)c1cc(C2CC2)nn1C.O=C(O)C(F)(F)F. The number of nitrogens with one attached hydrogen (secondary N) is 1. The summed E-state index contributed by atoms with van der Waals surface area (Å²) in [5.74, 6) is -3.04. The third-order valence-electron chi connectivity index (χ3n) is 4.21. The van der Waals surface area contributed by atoms with Gasteiger partial charge in [0, 0.05) is 19.5 Å². The van der Waals surface area contributed by atoms with Gasteiger partial charge in [-0.05, 0) is 38.0 Å². The van der Waals surface area contributed by atoms with Crippen molar-refractivity contribution in [2.24, 2.45) is 7.05 Å². The van der Waals surface area contributed by atoms with Gasteiger partial charge in [0.05, 0.1) is 11.4 Å². The second-order valence-corrected chi connectivity index (χ2v) is 8.19. The van der Waals surface area contributed by atoms with Crippen molar-refractivity contribution in [1.29, 1.82) is 0 Å². The maximum Gasteiger partial charge on any atom is 0.490 e. The lowest BCUT2D eigenvalue weighted by Crippen LogP contribution is -2.44. The molecule has 9 nitrogen and oxygen atoms in total. The van der Waals surface area contributed by atoms with Crippen LogP contribution >= 0.6 is 0 Å². The molecule has 2 N–H and O–H groups in total. The first kappa shape index (κ1) is 24.2. The van der Waals surface area contributed by atoms with Gasteiger partial charge < -0.3 is 5.11 Å². The fraction of sp³-hybridized carbons (Fsp3) is 0.389. The zero-order valence-electron chi connectivity index (χ0n) is 16.6. The first-order valence-corrected chi connectivity index (χ1v) is 10.5. The van der Waals surface area contributed by atoms with E-state index < -0.39 is 28.3 Å². The Kier molecular flexibility index (Phi) is 7.31. The van der Waals surface area contributed by atoms with E-state index in [-0.39, 0.29) is 12.2 Å². The maximum absolute atomic E-state index is 12.6. The molecule has 170 valence electrons. The Labute approximate surface area is 176 Å². The first-order chi connectivity index (χ1) is 14.4. The number of halogens is 3. The Hall–Kier alpha value is -3.09. The zero-order chi connectivity index (χ0) is 23.4. The first-order valence-electron chi connectivity index (χ1n) is 9.10. The summed E-state index contributed by atoms with van der Waals surface area (Å²) >= 11 is 0. The third kappa shape index (κ3) is 6.44. The van der Waals surface area contributed by atoms with Crippen LogP contribution in [0.25, 0.3) is 0 Å². The van der Waals surface area contributed by atoms with Crippen molar-refractivity contribution in [3.05, 3.63) is 47.8 Å². The molecule has 1 aromatic heterocycles. The Balaban J connectivity index is 0.000000423. The molecule has 13 heteroatoms. The van der Waals surface area contributed by atoms with Crippen molar-refractivity contribution in [2.75, 3.05) is 10.8 Å². The summed E-state index contributed by atoms with van der Waals surface area (Å²) in [6, 6.07) is 10.3. The Morgan fingerprint density at radius 3 is 2.26 bits per heavy atom. The van der Waals surface area contributed by atoms with Crippen LogP contribution in [0.5, 0.6) is 0 Å². The van der Waals surface area contributed by atoms with Crippen LogP contribution < -0.4 is 9.03 Å². The largest absolute Gasteiger partial charge is 0.490 e. The van der Waals surface area contributed by atoms with Gasteiger partial charge in [-0.25, -0.2) is 9.52 Å². The quantitative estimate of drug-likeness (QED) is 0.680. The zero-order valence-corrected chi connectivity index (χ0v) is 17.4. The van der Waals surface area contributed by atoms with E-state index >= 15 is 0 Å². The molecule has 0 unspecified atom stereocenters. The average Bonchev–Trinajstić information content (AvgIpc) is 3.44. The number of hydrogen-bond donors (Lipinski definition) is 2. The number of anilines is 1. The topological polar surface area (TPSA) is 122 Å². The van der Waals surface area contributed by atoms with Gasteiger partial charge in [0.25, 0.3) is 5.91 Å². The predicted octanol–water partition coefficient (Wildman–Crippen LogP) is 2.43. The number of rotatable bonds is 6. The van der Waals surface area contributed by atoms with E-state index in [1.165, 1.54) is 4.68 Å². The number of aliphatic carboxylic acids is 1. The average molecular weight is 462 g/mol. The smallest absolute Gasteiger partial charge is 0.475 e. The van der Waals surface area contributed by atoms with E-state index in [4.69, 9.17) is 9.90 Å². The van der Waals surface area contributed by atoms with Crippen LogP contribution in [0.3, 0.4) is 0 Å². The van der Waals surface area contributed by atoms with Gasteiger partial charge in [-0.3, -0.25) is 13.8 Å². The number of carboxylic acids is 1. The number of carbonyl (C=O) groups excluding carboxylic acids is 1. The molecule has 31 heavy (non-hydrogen) atoms. The van der Waals surface area contributed by atoms with Crippen molar-refractivity contribution in [3.63, 3.8) is 0 Å². The molecule has 1 heterocycles. The van der Waals surface area contributed by atoms with Crippen LogP contribution in [0.1, 0.15) is 41.9 Å².